The Balaban J connectivity index is 1.79. The van der Waals surface area contributed by atoms with Gasteiger partial charge >= 0.3 is 11.7 Å². The molecule has 0 bridgehead atoms. The Morgan fingerprint density at radius 3 is 2.20 bits per heavy atom. The summed E-state index contributed by atoms with van der Waals surface area (Å²) in [6, 6.07) is 10.5. The molecule has 2 aromatic carbocycles. The molecule has 0 aliphatic carbocycles. The summed E-state index contributed by atoms with van der Waals surface area (Å²) in [4.78, 5) is 48.6. The van der Waals surface area contributed by atoms with Crippen LogP contribution in [0.5, 0.6) is 5.75 Å². The minimum Gasteiger partial charge on any atom is -0.475 e. The number of ether oxygens (including phenoxy) is 2. The first-order valence-corrected chi connectivity index (χ1v) is 9.14. The van der Waals surface area contributed by atoms with Crippen LogP contribution in [0.15, 0.2) is 42.5 Å². The predicted octanol–water partition coefficient (Wildman–Crippen LogP) is 3.11. The summed E-state index contributed by atoms with van der Waals surface area (Å²) in [5.41, 5.74) is -0.00438. The van der Waals surface area contributed by atoms with E-state index in [0.717, 1.165) is 4.90 Å². The van der Waals surface area contributed by atoms with Gasteiger partial charge in [-0.2, -0.15) is 0 Å². The molecule has 0 fully saturated rings. The first kappa shape index (κ1) is 21.0. The number of amides is 2. The molecule has 0 saturated heterocycles. The van der Waals surface area contributed by atoms with Crippen molar-refractivity contribution in [3.63, 3.8) is 0 Å². The van der Waals surface area contributed by atoms with E-state index < -0.39 is 34.9 Å². The maximum absolute atomic E-state index is 12.5. The van der Waals surface area contributed by atoms with E-state index in [1.54, 1.807) is 45.0 Å². The fraction of sp³-hybridized carbons (Fsp3) is 0.286. The van der Waals surface area contributed by atoms with E-state index in [1.165, 1.54) is 18.2 Å². The van der Waals surface area contributed by atoms with E-state index in [9.17, 15) is 24.5 Å². The monoisotopic (exact) mass is 412 g/mol. The maximum atomic E-state index is 12.5. The molecule has 0 saturated carbocycles. The van der Waals surface area contributed by atoms with Crippen molar-refractivity contribution in [2.75, 3.05) is 6.61 Å². The Hall–Kier alpha value is -3.75. The third kappa shape index (κ3) is 4.45. The van der Waals surface area contributed by atoms with Gasteiger partial charge in [0.05, 0.1) is 22.6 Å². The number of nitro groups is 1. The summed E-state index contributed by atoms with van der Waals surface area (Å²) in [6.45, 7) is 4.46. The zero-order valence-corrected chi connectivity index (χ0v) is 16.7. The first-order chi connectivity index (χ1) is 14.1. The molecule has 30 heavy (non-hydrogen) atoms. The number of carbonyl (C=O) groups excluding carboxylic acids is 3. The van der Waals surface area contributed by atoms with Gasteiger partial charge in [0, 0.05) is 6.07 Å². The standard InChI is InChI=1S/C21H20N2O7/c1-21(2,3)30-18(24)12-29-17-10-13(8-9-16(17)23(27)28)11-22-19(25)14-6-4-5-7-15(14)20(22)26/h4-10H,11-12H2,1-3H3. The van der Waals surface area contributed by atoms with Crippen LogP contribution in [0.4, 0.5) is 5.69 Å². The second kappa shape index (κ2) is 7.94. The molecule has 0 unspecified atom stereocenters. The predicted molar refractivity (Wildman–Crippen MR) is 105 cm³/mol. The molecule has 0 radical (unpaired) electrons. The van der Waals surface area contributed by atoms with E-state index in [0.29, 0.717) is 16.7 Å². The van der Waals surface area contributed by atoms with E-state index in [2.05, 4.69) is 0 Å². The molecule has 3 rings (SSSR count). The second-order valence-electron chi connectivity index (χ2n) is 7.68. The summed E-state index contributed by atoms with van der Waals surface area (Å²) in [6.07, 6.45) is 0. The van der Waals surface area contributed by atoms with Crippen LogP contribution in [0.2, 0.25) is 0 Å². The molecule has 0 aromatic heterocycles. The van der Waals surface area contributed by atoms with Crippen LogP contribution in [-0.2, 0) is 16.1 Å². The minimum atomic E-state index is -0.723. The highest BCUT2D eigenvalue weighted by Gasteiger charge is 2.35. The SMILES string of the molecule is CC(C)(C)OC(=O)COc1cc(CN2C(=O)c3ccccc3C2=O)ccc1[N+](=O)[O-]. The second-order valence-corrected chi connectivity index (χ2v) is 7.68. The minimum absolute atomic E-state index is 0.0901. The Morgan fingerprint density at radius 1 is 1.07 bits per heavy atom. The van der Waals surface area contributed by atoms with Crippen LogP contribution in [0.1, 0.15) is 47.1 Å². The van der Waals surface area contributed by atoms with E-state index >= 15 is 0 Å². The molecule has 2 aromatic rings. The molecular formula is C21H20N2O7. The molecule has 9 heteroatoms. The zero-order chi connectivity index (χ0) is 22.1. The fourth-order valence-corrected chi connectivity index (χ4v) is 3.00. The van der Waals surface area contributed by atoms with Gasteiger partial charge in [0.25, 0.3) is 11.8 Å². The summed E-state index contributed by atoms with van der Waals surface area (Å²) in [5, 5.41) is 11.3. The molecule has 1 heterocycles. The molecule has 1 aliphatic rings. The number of hydrogen-bond acceptors (Lipinski definition) is 7. The molecular weight excluding hydrogens is 392 g/mol. The van der Waals surface area contributed by atoms with Gasteiger partial charge < -0.3 is 9.47 Å². The number of esters is 1. The number of hydrogen-bond donors (Lipinski definition) is 0. The lowest BCUT2D eigenvalue weighted by Crippen LogP contribution is -2.29. The van der Waals surface area contributed by atoms with Gasteiger partial charge in [-0.1, -0.05) is 18.2 Å². The third-order valence-electron chi connectivity index (χ3n) is 4.21. The average molecular weight is 412 g/mol. The topological polar surface area (TPSA) is 116 Å². The summed E-state index contributed by atoms with van der Waals surface area (Å²) >= 11 is 0. The Bertz CT molecular complexity index is 1000. The smallest absolute Gasteiger partial charge is 0.344 e. The van der Waals surface area contributed by atoms with Crippen LogP contribution >= 0.6 is 0 Å². The lowest BCUT2D eigenvalue weighted by molar-refractivity contribution is -0.385. The summed E-state index contributed by atoms with van der Waals surface area (Å²) in [7, 11) is 0. The highest BCUT2D eigenvalue weighted by Crippen LogP contribution is 2.30. The first-order valence-electron chi connectivity index (χ1n) is 9.14. The average Bonchev–Trinajstić information content (AvgIpc) is 2.90. The summed E-state index contributed by atoms with van der Waals surface area (Å²) in [5.74, 6) is -1.71. The van der Waals surface area contributed by atoms with Crippen LogP contribution in [0.3, 0.4) is 0 Å². The van der Waals surface area contributed by atoms with Crippen molar-refractivity contribution < 1.29 is 28.8 Å². The van der Waals surface area contributed by atoms with Crippen LogP contribution < -0.4 is 4.74 Å². The van der Waals surface area contributed by atoms with Crippen molar-refractivity contribution >= 4 is 23.5 Å². The number of rotatable bonds is 6. The Labute approximate surface area is 172 Å². The van der Waals surface area contributed by atoms with Crippen LogP contribution in [0, 0.1) is 10.1 Å². The van der Waals surface area contributed by atoms with Crippen LogP contribution in [0.25, 0.3) is 0 Å². The molecule has 9 nitrogen and oxygen atoms in total. The number of nitrogens with zero attached hydrogens (tertiary/aromatic N) is 2. The molecule has 0 N–H and O–H groups in total. The Kier molecular flexibility index (Phi) is 5.55. The molecule has 156 valence electrons. The van der Waals surface area contributed by atoms with Crippen molar-refractivity contribution in [3.05, 3.63) is 69.3 Å². The number of nitro benzene ring substituents is 1. The van der Waals surface area contributed by atoms with Crippen molar-refractivity contribution in [1.82, 2.24) is 4.90 Å². The van der Waals surface area contributed by atoms with Gasteiger partial charge in [0.1, 0.15) is 5.60 Å². The van der Waals surface area contributed by atoms with E-state index in [-0.39, 0.29) is 18.0 Å². The quantitative estimate of drug-likeness (QED) is 0.310. The van der Waals surface area contributed by atoms with Gasteiger partial charge in [-0.25, -0.2) is 4.79 Å². The Morgan fingerprint density at radius 2 is 1.67 bits per heavy atom. The number of carbonyl (C=O) groups is 3. The fourth-order valence-electron chi connectivity index (χ4n) is 3.00. The van der Waals surface area contributed by atoms with Gasteiger partial charge in [-0.15, -0.1) is 0 Å². The lowest BCUT2D eigenvalue weighted by atomic mass is 10.1. The largest absolute Gasteiger partial charge is 0.475 e. The molecule has 0 spiro atoms. The van der Waals surface area contributed by atoms with Gasteiger partial charge in [0.15, 0.2) is 12.4 Å². The normalized spacial score (nSPS) is 13.2. The van der Waals surface area contributed by atoms with Gasteiger partial charge in [-0.3, -0.25) is 24.6 Å². The van der Waals surface area contributed by atoms with Crippen molar-refractivity contribution in [3.8, 4) is 5.75 Å². The van der Waals surface area contributed by atoms with Gasteiger partial charge in [0.2, 0.25) is 0 Å². The third-order valence-corrected chi connectivity index (χ3v) is 4.21. The van der Waals surface area contributed by atoms with Crippen molar-refractivity contribution in [1.29, 1.82) is 0 Å². The number of benzene rings is 2. The zero-order valence-electron chi connectivity index (χ0n) is 16.7. The molecule has 2 amide bonds. The molecule has 0 atom stereocenters. The lowest BCUT2D eigenvalue weighted by Gasteiger charge is -2.19. The van der Waals surface area contributed by atoms with Gasteiger partial charge in [-0.05, 0) is 44.5 Å². The maximum Gasteiger partial charge on any atom is 0.344 e. The van der Waals surface area contributed by atoms with E-state index in [4.69, 9.17) is 9.47 Å². The molecule has 1 aliphatic heterocycles. The highest BCUT2D eigenvalue weighted by atomic mass is 16.6. The summed E-state index contributed by atoms with van der Waals surface area (Å²) < 4.78 is 10.5. The number of imide groups is 1. The van der Waals surface area contributed by atoms with E-state index in [1.807, 2.05) is 0 Å². The van der Waals surface area contributed by atoms with Crippen molar-refractivity contribution in [2.45, 2.75) is 32.9 Å². The van der Waals surface area contributed by atoms with Crippen molar-refractivity contribution in [2.24, 2.45) is 0 Å². The van der Waals surface area contributed by atoms with Crippen LogP contribution in [-0.4, -0.2) is 39.8 Å². The highest BCUT2D eigenvalue weighted by molar-refractivity contribution is 6.21. The number of fused-ring (bicyclic) bond motifs is 1.